The molecule has 3 N–H and O–H groups in total. The van der Waals surface area contributed by atoms with Crippen LogP contribution in [0.25, 0.3) is 0 Å². The Balaban J connectivity index is 1.53. The van der Waals surface area contributed by atoms with Crippen LogP contribution in [0, 0.1) is 5.82 Å². The van der Waals surface area contributed by atoms with Gasteiger partial charge in [0.15, 0.2) is 0 Å². The second-order valence-corrected chi connectivity index (χ2v) is 6.96. The van der Waals surface area contributed by atoms with Crippen molar-refractivity contribution in [1.82, 2.24) is 10.6 Å². The first-order valence-electron chi connectivity index (χ1n) is 8.85. The monoisotopic (exact) mass is 405 g/mol. The van der Waals surface area contributed by atoms with Gasteiger partial charge in [0.1, 0.15) is 11.6 Å². The van der Waals surface area contributed by atoms with E-state index in [0.717, 1.165) is 0 Å². The topological polar surface area (TPSA) is 79.5 Å². The van der Waals surface area contributed by atoms with Gasteiger partial charge in [0.2, 0.25) is 5.91 Å². The summed E-state index contributed by atoms with van der Waals surface area (Å²) < 4.78 is 18.5. The summed E-state index contributed by atoms with van der Waals surface area (Å²) in [6.07, 6.45) is 0.189. The zero-order valence-electron chi connectivity index (χ0n) is 15.7. The van der Waals surface area contributed by atoms with Crippen molar-refractivity contribution in [2.75, 3.05) is 31.3 Å². The third-order valence-corrected chi connectivity index (χ3v) is 4.78. The first-order valence-corrected chi connectivity index (χ1v) is 10.0. The van der Waals surface area contributed by atoms with Gasteiger partial charge >= 0.3 is 6.03 Å². The van der Waals surface area contributed by atoms with E-state index in [1.165, 1.54) is 6.07 Å². The number of carbonyl (C=O) groups is 2. The average molecular weight is 405 g/mol. The molecule has 0 saturated heterocycles. The van der Waals surface area contributed by atoms with Crippen LogP contribution in [0.2, 0.25) is 0 Å². The Morgan fingerprint density at radius 3 is 2.50 bits per heavy atom. The number of hydrogen-bond donors (Lipinski definition) is 3. The van der Waals surface area contributed by atoms with Gasteiger partial charge in [0.25, 0.3) is 0 Å². The lowest BCUT2D eigenvalue weighted by molar-refractivity contribution is -0.120. The summed E-state index contributed by atoms with van der Waals surface area (Å²) in [6.45, 7) is 0.728. The van der Waals surface area contributed by atoms with E-state index in [9.17, 15) is 14.0 Å². The minimum Gasteiger partial charge on any atom is -0.497 e. The molecule has 0 atom stereocenters. The van der Waals surface area contributed by atoms with Gasteiger partial charge in [-0.3, -0.25) is 4.79 Å². The Morgan fingerprint density at radius 1 is 1.04 bits per heavy atom. The molecule has 28 heavy (non-hydrogen) atoms. The molecule has 3 amide bonds. The van der Waals surface area contributed by atoms with Gasteiger partial charge in [0.05, 0.1) is 7.11 Å². The van der Waals surface area contributed by atoms with Crippen molar-refractivity contribution in [3.05, 3.63) is 59.9 Å². The quantitative estimate of drug-likeness (QED) is 0.530. The third kappa shape index (κ3) is 7.87. The van der Waals surface area contributed by atoms with E-state index in [1.54, 1.807) is 61.3 Å². The number of urea groups is 1. The van der Waals surface area contributed by atoms with Crippen LogP contribution in [-0.2, 0) is 10.5 Å². The molecule has 150 valence electrons. The van der Waals surface area contributed by atoms with Crippen LogP contribution in [0.15, 0.2) is 48.5 Å². The van der Waals surface area contributed by atoms with Gasteiger partial charge in [-0.2, -0.15) is 11.8 Å². The van der Waals surface area contributed by atoms with Gasteiger partial charge in [-0.25, -0.2) is 9.18 Å². The van der Waals surface area contributed by atoms with Gasteiger partial charge < -0.3 is 20.7 Å². The molecule has 0 unspecified atom stereocenters. The summed E-state index contributed by atoms with van der Waals surface area (Å²) in [7, 11) is 1.57. The molecule has 6 nitrogen and oxygen atoms in total. The largest absolute Gasteiger partial charge is 0.497 e. The zero-order valence-corrected chi connectivity index (χ0v) is 16.5. The molecule has 0 radical (unpaired) electrons. The van der Waals surface area contributed by atoms with E-state index in [-0.39, 0.29) is 30.7 Å². The highest BCUT2D eigenvalue weighted by Gasteiger charge is 2.05. The summed E-state index contributed by atoms with van der Waals surface area (Å²) in [4.78, 5) is 23.6. The Hall–Kier alpha value is -2.74. The fraction of sp³-hybridized carbons (Fsp3) is 0.300. The summed E-state index contributed by atoms with van der Waals surface area (Å²) in [5.74, 6) is 1.60. The maximum absolute atomic E-state index is 13.5. The standard InChI is InChI=1S/C20H24FN3O3S/c1-27-17-8-6-16(7-9-17)24-20(26)23-11-10-19(25)22-12-13-28-14-15-4-2-3-5-18(15)21/h2-9H,10-14H2,1H3,(H,22,25)(H2,23,24,26). The van der Waals surface area contributed by atoms with Crippen LogP contribution in [-0.4, -0.2) is 37.9 Å². The van der Waals surface area contributed by atoms with Crippen LogP contribution in [0.4, 0.5) is 14.9 Å². The molecular weight excluding hydrogens is 381 g/mol. The smallest absolute Gasteiger partial charge is 0.319 e. The molecule has 0 bridgehead atoms. The maximum atomic E-state index is 13.5. The van der Waals surface area contributed by atoms with E-state index < -0.39 is 0 Å². The number of rotatable bonds is 10. The highest BCUT2D eigenvalue weighted by atomic mass is 32.2. The average Bonchev–Trinajstić information content (AvgIpc) is 2.69. The molecule has 2 aromatic carbocycles. The molecule has 0 aromatic heterocycles. The predicted molar refractivity (Wildman–Crippen MR) is 110 cm³/mol. The second-order valence-electron chi connectivity index (χ2n) is 5.85. The number of thioether (sulfide) groups is 1. The molecule has 8 heteroatoms. The van der Waals surface area contributed by atoms with Gasteiger partial charge in [-0.05, 0) is 35.9 Å². The van der Waals surface area contributed by atoms with Crippen molar-refractivity contribution in [2.24, 2.45) is 0 Å². The number of amides is 3. The molecule has 2 rings (SSSR count). The highest BCUT2D eigenvalue weighted by molar-refractivity contribution is 7.98. The summed E-state index contributed by atoms with van der Waals surface area (Å²) in [5.41, 5.74) is 1.29. The molecule has 0 saturated carbocycles. The molecule has 0 aliphatic rings. The summed E-state index contributed by atoms with van der Waals surface area (Å²) >= 11 is 1.55. The molecule has 0 aliphatic heterocycles. The van der Waals surface area contributed by atoms with Crippen molar-refractivity contribution in [3.63, 3.8) is 0 Å². The SMILES string of the molecule is COc1ccc(NC(=O)NCCC(=O)NCCSCc2ccccc2F)cc1. The molecule has 2 aromatic rings. The Kier molecular flexibility index (Phi) is 9.14. The van der Waals surface area contributed by atoms with Crippen LogP contribution < -0.4 is 20.7 Å². The number of anilines is 1. The Morgan fingerprint density at radius 2 is 1.79 bits per heavy atom. The third-order valence-electron chi connectivity index (χ3n) is 3.77. The van der Waals surface area contributed by atoms with Crippen LogP contribution in [0.1, 0.15) is 12.0 Å². The van der Waals surface area contributed by atoms with Crippen molar-refractivity contribution in [3.8, 4) is 5.75 Å². The fourth-order valence-corrected chi connectivity index (χ4v) is 3.13. The Bertz CT molecular complexity index is 772. The lowest BCUT2D eigenvalue weighted by Gasteiger charge is -2.09. The van der Waals surface area contributed by atoms with E-state index in [2.05, 4.69) is 16.0 Å². The van der Waals surface area contributed by atoms with E-state index in [1.807, 2.05) is 0 Å². The number of hydrogen-bond acceptors (Lipinski definition) is 4. The van der Waals surface area contributed by atoms with Crippen molar-refractivity contribution in [1.29, 1.82) is 0 Å². The lowest BCUT2D eigenvalue weighted by Crippen LogP contribution is -2.33. The fourth-order valence-electron chi connectivity index (χ4n) is 2.29. The normalized spacial score (nSPS) is 10.2. The van der Waals surface area contributed by atoms with Crippen LogP contribution >= 0.6 is 11.8 Å². The summed E-state index contributed by atoms with van der Waals surface area (Å²) in [5, 5.41) is 8.09. The number of methoxy groups -OCH3 is 1. The molecule has 0 heterocycles. The molecule has 0 aliphatic carbocycles. The van der Waals surface area contributed by atoms with Crippen LogP contribution in [0.3, 0.4) is 0 Å². The van der Waals surface area contributed by atoms with Gasteiger partial charge in [-0.1, -0.05) is 18.2 Å². The van der Waals surface area contributed by atoms with Crippen molar-refractivity contribution < 1.29 is 18.7 Å². The van der Waals surface area contributed by atoms with Crippen molar-refractivity contribution >= 4 is 29.4 Å². The number of carbonyl (C=O) groups excluding carboxylic acids is 2. The zero-order chi connectivity index (χ0) is 20.2. The number of benzene rings is 2. The van der Waals surface area contributed by atoms with E-state index in [0.29, 0.717) is 35.1 Å². The van der Waals surface area contributed by atoms with E-state index in [4.69, 9.17) is 4.74 Å². The minimum absolute atomic E-state index is 0.142. The lowest BCUT2D eigenvalue weighted by atomic mass is 10.2. The summed E-state index contributed by atoms with van der Waals surface area (Å²) in [6, 6.07) is 13.2. The maximum Gasteiger partial charge on any atom is 0.319 e. The van der Waals surface area contributed by atoms with Gasteiger partial charge in [-0.15, -0.1) is 0 Å². The minimum atomic E-state index is -0.376. The highest BCUT2D eigenvalue weighted by Crippen LogP contribution is 2.15. The Labute approximate surface area is 168 Å². The number of halogens is 1. The first kappa shape index (κ1) is 21.6. The number of ether oxygens (including phenoxy) is 1. The molecule has 0 fully saturated rings. The first-order chi connectivity index (χ1) is 13.6. The molecule has 0 spiro atoms. The van der Waals surface area contributed by atoms with Gasteiger partial charge in [0, 0.05) is 36.7 Å². The second kappa shape index (κ2) is 11.9. The predicted octanol–water partition coefficient (Wildman–Crippen LogP) is 3.40. The van der Waals surface area contributed by atoms with E-state index >= 15 is 0 Å². The van der Waals surface area contributed by atoms with Crippen molar-refractivity contribution in [2.45, 2.75) is 12.2 Å². The molecular formula is C20H24FN3O3S. The number of nitrogens with one attached hydrogen (secondary N) is 3. The van der Waals surface area contributed by atoms with Crippen LogP contribution in [0.5, 0.6) is 5.75 Å².